The second-order valence-electron chi connectivity index (χ2n) is 10.2. The molecule has 3 rings (SSSR count). The van der Waals surface area contributed by atoms with Gasteiger partial charge < -0.3 is 10.1 Å². The van der Waals surface area contributed by atoms with Gasteiger partial charge in [0.05, 0.1) is 17.6 Å². The first-order chi connectivity index (χ1) is 14.5. The van der Waals surface area contributed by atoms with Crippen LogP contribution >= 0.6 is 0 Å². The highest BCUT2D eigenvalue weighted by molar-refractivity contribution is 6.76. The normalized spacial score (nSPS) is 15.9. The molecule has 1 aliphatic rings. The number of nitrogens with one attached hydrogen (secondary N) is 1. The van der Waals surface area contributed by atoms with E-state index in [0.29, 0.717) is 18.0 Å². The highest BCUT2D eigenvalue weighted by atomic mass is 28.3. The second kappa shape index (κ2) is 8.89. The molecule has 0 saturated carbocycles. The molecule has 1 atom stereocenters. The third kappa shape index (κ3) is 5.77. The number of benzene rings is 1. The first-order valence-electron chi connectivity index (χ1n) is 10.7. The van der Waals surface area contributed by atoms with Gasteiger partial charge >= 0.3 is 0 Å². The van der Waals surface area contributed by atoms with Crippen LogP contribution in [0.15, 0.2) is 54.8 Å². The predicted molar refractivity (Wildman–Crippen MR) is 130 cm³/mol. The van der Waals surface area contributed by atoms with Gasteiger partial charge in [-0.05, 0) is 35.2 Å². The lowest BCUT2D eigenvalue weighted by Crippen LogP contribution is -2.22. The molecular formula is C25H33N3O2Si. The van der Waals surface area contributed by atoms with Gasteiger partial charge in [-0.1, -0.05) is 65.2 Å². The molecule has 0 fully saturated rings. The van der Waals surface area contributed by atoms with Crippen LogP contribution in [0.5, 0.6) is 0 Å². The Kier molecular flexibility index (Phi) is 6.62. The summed E-state index contributed by atoms with van der Waals surface area (Å²) in [5.74, 6) is 0.207. The van der Waals surface area contributed by atoms with Crippen LogP contribution in [0.4, 0.5) is 5.82 Å². The van der Waals surface area contributed by atoms with E-state index in [1.807, 2.05) is 18.2 Å². The Morgan fingerprint density at radius 1 is 1.19 bits per heavy atom. The summed E-state index contributed by atoms with van der Waals surface area (Å²) in [6.07, 6.45) is 3.43. The van der Waals surface area contributed by atoms with Crippen molar-refractivity contribution < 1.29 is 9.53 Å². The average Bonchev–Trinajstić information content (AvgIpc) is 3.04. The molecule has 0 saturated heterocycles. The van der Waals surface area contributed by atoms with Crippen molar-refractivity contribution in [3.05, 3.63) is 71.7 Å². The monoisotopic (exact) mass is 435 g/mol. The number of carbonyl (C=O) groups is 1. The Bertz CT molecular complexity index is 1000. The van der Waals surface area contributed by atoms with Gasteiger partial charge in [0.25, 0.3) is 5.91 Å². The first kappa shape index (κ1) is 23.1. The molecular weight excluding hydrogens is 402 g/mol. The summed E-state index contributed by atoms with van der Waals surface area (Å²) in [6.45, 7) is 18.4. The van der Waals surface area contributed by atoms with E-state index in [1.165, 1.54) is 0 Å². The van der Waals surface area contributed by atoms with Crippen LogP contribution in [0.1, 0.15) is 48.6 Å². The minimum absolute atomic E-state index is 0.124. The molecule has 1 heterocycles. The van der Waals surface area contributed by atoms with Crippen molar-refractivity contribution in [2.45, 2.75) is 52.6 Å². The molecule has 0 radical (unpaired) electrons. The summed E-state index contributed by atoms with van der Waals surface area (Å²) in [7, 11) is -1.20. The van der Waals surface area contributed by atoms with Crippen molar-refractivity contribution in [3.8, 4) is 0 Å². The van der Waals surface area contributed by atoms with E-state index in [-0.39, 0.29) is 17.4 Å². The maximum atomic E-state index is 12.6. The van der Waals surface area contributed by atoms with Crippen molar-refractivity contribution in [2.24, 2.45) is 5.41 Å². The van der Waals surface area contributed by atoms with Crippen molar-refractivity contribution in [2.75, 3.05) is 11.9 Å². The van der Waals surface area contributed by atoms with Gasteiger partial charge in [-0.2, -0.15) is 0 Å². The standard InChI is InChI=1S/C25H33N3O2Si/c1-17(25(2,3)4)19-15-20(30-13-14-31(5,6)7)23-22(19)27-21(16-26-23)28-24(29)18-11-9-8-10-12-18/h8-12,15-16,20H,1,13-14H2,2-7H3,(H,27,28,29). The van der Waals surface area contributed by atoms with Crippen molar-refractivity contribution >= 4 is 25.4 Å². The third-order valence-electron chi connectivity index (χ3n) is 5.30. The maximum Gasteiger partial charge on any atom is 0.256 e. The van der Waals surface area contributed by atoms with E-state index in [2.05, 4.69) is 63.4 Å². The molecule has 0 aliphatic heterocycles. The lowest BCUT2D eigenvalue weighted by molar-refractivity contribution is 0.0951. The second-order valence-corrected chi connectivity index (χ2v) is 15.8. The Balaban J connectivity index is 1.88. The molecule has 6 heteroatoms. The molecule has 1 amide bonds. The van der Waals surface area contributed by atoms with Gasteiger partial charge in [0.15, 0.2) is 5.82 Å². The number of carbonyl (C=O) groups excluding carboxylic acids is 1. The van der Waals surface area contributed by atoms with E-state index < -0.39 is 8.07 Å². The van der Waals surface area contributed by atoms with Gasteiger partial charge in [0.1, 0.15) is 6.10 Å². The lowest BCUT2D eigenvalue weighted by atomic mass is 9.82. The number of anilines is 1. The number of hydrogen-bond donors (Lipinski definition) is 1. The Hall–Kier alpha value is -2.57. The van der Waals surface area contributed by atoms with Gasteiger partial charge in [-0.15, -0.1) is 0 Å². The SMILES string of the molecule is C=C(C1=CC(OCC[Si](C)(C)C)c2ncc(NC(=O)c3ccccc3)nc21)C(C)(C)C. The van der Waals surface area contributed by atoms with Crippen molar-refractivity contribution in [3.63, 3.8) is 0 Å². The molecule has 164 valence electrons. The molecule has 0 spiro atoms. The fourth-order valence-electron chi connectivity index (χ4n) is 3.22. The number of allylic oxidation sites excluding steroid dienone is 2. The van der Waals surface area contributed by atoms with Crippen LogP contribution < -0.4 is 5.32 Å². The lowest BCUT2D eigenvalue weighted by Gasteiger charge is -2.23. The molecule has 1 aliphatic carbocycles. The van der Waals surface area contributed by atoms with Crippen LogP contribution in [0, 0.1) is 5.41 Å². The minimum Gasteiger partial charge on any atom is -0.368 e. The number of rotatable bonds is 7. The quantitative estimate of drug-likeness (QED) is 0.532. The Morgan fingerprint density at radius 2 is 1.87 bits per heavy atom. The summed E-state index contributed by atoms with van der Waals surface area (Å²) >= 11 is 0. The topological polar surface area (TPSA) is 64.1 Å². The predicted octanol–water partition coefficient (Wildman–Crippen LogP) is 6.12. The van der Waals surface area contributed by atoms with Crippen LogP contribution in [0.3, 0.4) is 0 Å². The molecule has 0 bridgehead atoms. The van der Waals surface area contributed by atoms with E-state index >= 15 is 0 Å². The Morgan fingerprint density at radius 3 is 2.48 bits per heavy atom. The van der Waals surface area contributed by atoms with Gasteiger partial charge in [-0.25, -0.2) is 4.98 Å². The molecule has 5 nitrogen and oxygen atoms in total. The van der Waals surface area contributed by atoms with Crippen molar-refractivity contribution in [1.82, 2.24) is 9.97 Å². The van der Waals surface area contributed by atoms with Crippen molar-refractivity contribution in [1.29, 1.82) is 0 Å². The molecule has 1 aromatic carbocycles. The summed E-state index contributed by atoms with van der Waals surface area (Å²) in [5.41, 5.74) is 3.90. The van der Waals surface area contributed by atoms with Crippen LogP contribution in [-0.2, 0) is 4.74 Å². The van der Waals surface area contributed by atoms with Crippen LogP contribution in [0.25, 0.3) is 5.57 Å². The molecule has 1 unspecified atom stereocenters. The average molecular weight is 436 g/mol. The highest BCUT2D eigenvalue weighted by Crippen LogP contribution is 2.43. The summed E-state index contributed by atoms with van der Waals surface area (Å²) in [4.78, 5) is 21.9. The van der Waals surface area contributed by atoms with Gasteiger partial charge in [0, 0.05) is 25.8 Å². The third-order valence-corrected chi connectivity index (χ3v) is 7.01. The fourth-order valence-corrected chi connectivity index (χ4v) is 3.95. The van der Waals surface area contributed by atoms with E-state index in [1.54, 1.807) is 18.3 Å². The van der Waals surface area contributed by atoms with Gasteiger partial charge in [0.2, 0.25) is 0 Å². The number of aromatic nitrogens is 2. The maximum absolute atomic E-state index is 12.6. The zero-order valence-corrected chi connectivity index (χ0v) is 20.5. The fraction of sp³-hybridized carbons (Fsp3) is 0.400. The zero-order chi connectivity index (χ0) is 22.8. The number of hydrogen-bond acceptors (Lipinski definition) is 4. The largest absolute Gasteiger partial charge is 0.368 e. The van der Waals surface area contributed by atoms with E-state index in [4.69, 9.17) is 9.72 Å². The smallest absolute Gasteiger partial charge is 0.256 e. The van der Waals surface area contributed by atoms with E-state index in [0.717, 1.165) is 28.6 Å². The molecule has 2 aromatic rings. The summed E-state index contributed by atoms with van der Waals surface area (Å²) in [6, 6.07) is 10.2. The number of amides is 1. The number of fused-ring (bicyclic) bond motifs is 1. The number of ether oxygens (including phenoxy) is 1. The van der Waals surface area contributed by atoms with E-state index in [9.17, 15) is 4.79 Å². The zero-order valence-electron chi connectivity index (χ0n) is 19.5. The van der Waals surface area contributed by atoms with Gasteiger partial charge in [-0.3, -0.25) is 9.78 Å². The molecule has 1 N–H and O–H groups in total. The highest BCUT2D eigenvalue weighted by Gasteiger charge is 2.32. The molecule has 1 aromatic heterocycles. The number of nitrogens with zero attached hydrogens (tertiary/aromatic N) is 2. The minimum atomic E-state index is -1.20. The van der Waals surface area contributed by atoms with Crippen LogP contribution in [0.2, 0.25) is 25.7 Å². The molecule has 31 heavy (non-hydrogen) atoms. The summed E-state index contributed by atoms with van der Waals surface area (Å²) < 4.78 is 6.22. The Labute approximate surface area is 186 Å². The van der Waals surface area contributed by atoms with Crippen LogP contribution in [-0.4, -0.2) is 30.6 Å². The first-order valence-corrected chi connectivity index (χ1v) is 14.4. The summed E-state index contributed by atoms with van der Waals surface area (Å²) in [5, 5.41) is 2.86.